The van der Waals surface area contributed by atoms with Crippen molar-refractivity contribution in [3.8, 4) is 0 Å². The average molecular weight is 153 g/mol. The fraction of sp³-hybridized carbons (Fsp3) is 0. The molecular weight excluding hydrogens is 150 g/mol. The smallest absolute Gasteiger partial charge is 0.135 e. The number of rotatable bonds is 0. The Morgan fingerprint density at radius 3 is 3.00 bits per heavy atom. The van der Waals surface area contributed by atoms with Crippen LogP contribution in [0.15, 0.2) is 18.2 Å². The van der Waals surface area contributed by atoms with Gasteiger partial charge in [0.2, 0.25) is 0 Å². The molecule has 0 aliphatic carbocycles. The van der Waals surface area contributed by atoms with E-state index in [0.29, 0.717) is 0 Å². The summed E-state index contributed by atoms with van der Waals surface area (Å²) in [5.41, 5.74) is 0.102. The molecule has 0 spiro atoms. The van der Waals surface area contributed by atoms with Crippen LogP contribution >= 0.6 is 0 Å². The predicted molar refractivity (Wildman–Crippen MR) is 35.0 cm³/mol. The van der Waals surface area contributed by atoms with E-state index in [1.807, 2.05) is 0 Å². The molecule has 0 N–H and O–H groups in total. The molecule has 0 aliphatic rings. The van der Waals surface area contributed by atoms with Crippen LogP contribution in [0.1, 0.15) is 0 Å². The number of fused-ring (bicyclic) bond motifs is 1. The van der Waals surface area contributed by atoms with E-state index in [2.05, 4.69) is 11.3 Å². The second-order valence-corrected chi connectivity index (χ2v) is 2.11. The third-order valence-corrected chi connectivity index (χ3v) is 1.44. The molecule has 2 aromatic rings. The number of hydrogen-bond acceptors (Lipinski definition) is 1. The summed E-state index contributed by atoms with van der Waals surface area (Å²) >= 11 is 0. The largest absolute Gasteiger partial charge is 0.206 e. The third kappa shape index (κ3) is 0.790. The Morgan fingerprint density at radius 1 is 1.45 bits per heavy atom. The molecule has 55 valence electrons. The Bertz CT molecular complexity index is 394. The molecule has 2 nitrogen and oxygen atoms in total. The average Bonchev–Trinajstić information content (AvgIpc) is 2.35. The van der Waals surface area contributed by atoms with Crippen LogP contribution in [0.25, 0.3) is 10.9 Å². The Labute approximate surface area is 61.0 Å². The van der Waals surface area contributed by atoms with Crippen LogP contribution in [0.2, 0.25) is 0 Å². The highest BCUT2D eigenvalue weighted by atomic mass is 19.2. The summed E-state index contributed by atoms with van der Waals surface area (Å²) in [5, 5.41) is 3.22. The van der Waals surface area contributed by atoms with E-state index in [0.717, 1.165) is 0 Å². The van der Waals surface area contributed by atoms with Crippen LogP contribution < -0.4 is 0 Å². The molecule has 2 rings (SSSR count). The van der Waals surface area contributed by atoms with Crippen LogP contribution in [0.5, 0.6) is 0 Å². The standard InChI is InChI=1S/C7H3F2N2/c8-6-2-1-3-7-5(6)4-10-11(7)9/h1-3H. The SMILES string of the molecule is Fc1cccc2c1[c]nn2F. The van der Waals surface area contributed by atoms with Crippen molar-refractivity contribution in [2.45, 2.75) is 0 Å². The molecule has 1 aromatic carbocycles. The van der Waals surface area contributed by atoms with E-state index in [1.54, 1.807) is 0 Å². The van der Waals surface area contributed by atoms with Gasteiger partial charge < -0.3 is 0 Å². The van der Waals surface area contributed by atoms with Gasteiger partial charge in [0, 0.05) is 0 Å². The van der Waals surface area contributed by atoms with Gasteiger partial charge in [-0.3, -0.25) is 0 Å². The quantitative estimate of drug-likeness (QED) is 0.563. The van der Waals surface area contributed by atoms with E-state index in [-0.39, 0.29) is 15.8 Å². The van der Waals surface area contributed by atoms with E-state index < -0.39 is 5.82 Å². The maximum Gasteiger partial charge on any atom is 0.135 e. The van der Waals surface area contributed by atoms with Crippen molar-refractivity contribution in [2.75, 3.05) is 0 Å². The lowest BCUT2D eigenvalue weighted by Gasteiger charge is -1.89. The second-order valence-electron chi connectivity index (χ2n) is 2.11. The van der Waals surface area contributed by atoms with E-state index in [4.69, 9.17) is 0 Å². The summed E-state index contributed by atoms with van der Waals surface area (Å²) in [6, 6.07) is 4.09. The van der Waals surface area contributed by atoms with Crippen LogP contribution in [0.3, 0.4) is 0 Å². The number of hydrogen-bond donors (Lipinski definition) is 0. The Balaban J connectivity index is 2.94. The van der Waals surface area contributed by atoms with Crippen molar-refractivity contribution in [3.63, 3.8) is 0 Å². The molecule has 0 fully saturated rings. The summed E-state index contributed by atoms with van der Waals surface area (Å²) in [4.78, 5) is 0.0956. The zero-order valence-corrected chi connectivity index (χ0v) is 5.38. The Hall–Kier alpha value is -1.45. The highest BCUT2D eigenvalue weighted by Gasteiger charge is 2.05. The summed E-state index contributed by atoms with van der Waals surface area (Å²) < 4.78 is 25.3. The van der Waals surface area contributed by atoms with Gasteiger partial charge in [0.05, 0.1) is 5.39 Å². The van der Waals surface area contributed by atoms with Crippen LogP contribution in [-0.2, 0) is 0 Å². The molecule has 1 aromatic heterocycles. The Morgan fingerprint density at radius 2 is 2.27 bits per heavy atom. The molecule has 1 radical (unpaired) electrons. The molecule has 0 aliphatic heterocycles. The van der Waals surface area contributed by atoms with Gasteiger partial charge >= 0.3 is 0 Å². The van der Waals surface area contributed by atoms with Gasteiger partial charge in [-0.1, -0.05) is 15.5 Å². The van der Waals surface area contributed by atoms with E-state index in [1.165, 1.54) is 18.2 Å². The molecule has 0 bridgehead atoms. The minimum Gasteiger partial charge on any atom is -0.206 e. The van der Waals surface area contributed by atoms with Crippen LogP contribution in [-0.4, -0.2) is 10.0 Å². The summed E-state index contributed by atoms with van der Waals surface area (Å²) in [7, 11) is 0. The molecule has 0 saturated heterocycles. The van der Waals surface area contributed by atoms with Crippen molar-refractivity contribution in [2.24, 2.45) is 0 Å². The number of aromatic nitrogens is 2. The molecule has 0 unspecified atom stereocenters. The minimum atomic E-state index is -0.508. The van der Waals surface area contributed by atoms with Gasteiger partial charge in [0.1, 0.15) is 17.5 Å². The van der Waals surface area contributed by atoms with Gasteiger partial charge in [0.15, 0.2) is 0 Å². The van der Waals surface area contributed by atoms with Gasteiger partial charge in [-0.2, -0.15) is 0 Å². The van der Waals surface area contributed by atoms with Crippen molar-refractivity contribution in [1.82, 2.24) is 10.0 Å². The van der Waals surface area contributed by atoms with Crippen molar-refractivity contribution in [3.05, 3.63) is 30.2 Å². The molecular formula is C7H3F2N2. The minimum absolute atomic E-state index is 0.0787. The van der Waals surface area contributed by atoms with Gasteiger partial charge in [0.25, 0.3) is 0 Å². The Kier molecular flexibility index (Phi) is 1.15. The second kappa shape index (κ2) is 2.02. The van der Waals surface area contributed by atoms with Gasteiger partial charge in [-0.05, 0) is 12.1 Å². The summed E-state index contributed by atoms with van der Waals surface area (Å²) in [6.07, 6.45) is 2.22. The lowest BCUT2D eigenvalue weighted by Crippen LogP contribution is -1.82. The first kappa shape index (κ1) is 6.27. The lowest BCUT2D eigenvalue weighted by atomic mass is 10.2. The van der Waals surface area contributed by atoms with Gasteiger partial charge in [-0.25, -0.2) is 4.39 Å². The highest BCUT2D eigenvalue weighted by Crippen LogP contribution is 2.15. The van der Waals surface area contributed by atoms with E-state index >= 15 is 0 Å². The first-order valence-corrected chi connectivity index (χ1v) is 3.00. The maximum atomic E-state index is 12.7. The summed E-state index contributed by atoms with van der Waals surface area (Å²) in [6.45, 7) is 0. The predicted octanol–water partition coefficient (Wildman–Crippen LogP) is 1.71. The highest BCUT2D eigenvalue weighted by molar-refractivity contribution is 5.78. The molecule has 0 amide bonds. The summed E-state index contributed by atoms with van der Waals surface area (Å²) in [5.74, 6) is -0.508. The normalized spacial score (nSPS) is 10.7. The van der Waals surface area contributed by atoms with E-state index in [9.17, 15) is 8.87 Å². The third-order valence-electron chi connectivity index (χ3n) is 1.44. The fourth-order valence-corrected chi connectivity index (χ4v) is 0.925. The lowest BCUT2D eigenvalue weighted by molar-refractivity contribution is 0.332. The monoisotopic (exact) mass is 153 g/mol. The zero-order valence-electron chi connectivity index (χ0n) is 5.38. The zero-order chi connectivity index (χ0) is 7.84. The number of nitrogens with zero attached hydrogens (tertiary/aromatic N) is 2. The molecule has 0 atom stereocenters. The van der Waals surface area contributed by atoms with Crippen molar-refractivity contribution < 1.29 is 8.87 Å². The fourth-order valence-electron chi connectivity index (χ4n) is 0.925. The number of halogens is 2. The molecule has 0 saturated carbocycles. The van der Waals surface area contributed by atoms with Crippen molar-refractivity contribution in [1.29, 1.82) is 0 Å². The molecule has 4 heteroatoms. The van der Waals surface area contributed by atoms with Gasteiger partial charge in [-0.15, -0.1) is 5.10 Å². The first-order chi connectivity index (χ1) is 5.29. The first-order valence-electron chi connectivity index (χ1n) is 3.00. The molecule has 1 heterocycles. The maximum absolute atomic E-state index is 12.7. The topological polar surface area (TPSA) is 17.8 Å². The van der Waals surface area contributed by atoms with Crippen LogP contribution in [0.4, 0.5) is 8.87 Å². The van der Waals surface area contributed by atoms with Crippen LogP contribution in [0, 0.1) is 12.0 Å². The molecule has 11 heavy (non-hydrogen) atoms. The van der Waals surface area contributed by atoms with Crippen molar-refractivity contribution >= 4 is 10.9 Å². The number of benzene rings is 1.